The average Bonchev–Trinajstić information content (AvgIpc) is 2.22. The second-order valence-electron chi connectivity index (χ2n) is 5.43. The predicted molar refractivity (Wildman–Crippen MR) is 67.5 cm³/mol. The van der Waals surface area contributed by atoms with E-state index < -0.39 is 0 Å². The monoisotopic (exact) mass is 240 g/mol. The van der Waals surface area contributed by atoms with E-state index in [1.807, 2.05) is 6.92 Å². The van der Waals surface area contributed by atoms with Gasteiger partial charge in [-0.2, -0.15) is 0 Å². The van der Waals surface area contributed by atoms with Gasteiger partial charge >= 0.3 is 0 Å². The second kappa shape index (κ2) is 6.03. The van der Waals surface area contributed by atoms with Crippen LogP contribution >= 0.6 is 0 Å². The number of amides is 2. The molecule has 17 heavy (non-hydrogen) atoms. The summed E-state index contributed by atoms with van der Waals surface area (Å²) < 4.78 is 0. The highest BCUT2D eigenvalue weighted by Crippen LogP contribution is 2.15. The highest BCUT2D eigenvalue weighted by molar-refractivity contribution is 5.94. The van der Waals surface area contributed by atoms with Crippen LogP contribution < -0.4 is 5.32 Å². The summed E-state index contributed by atoms with van der Waals surface area (Å²) >= 11 is 0. The van der Waals surface area contributed by atoms with E-state index in [1.165, 1.54) is 6.42 Å². The van der Waals surface area contributed by atoms with Crippen LogP contribution in [0.15, 0.2) is 0 Å². The van der Waals surface area contributed by atoms with Gasteiger partial charge in [-0.15, -0.1) is 0 Å². The fourth-order valence-electron chi connectivity index (χ4n) is 2.18. The Labute approximate surface area is 104 Å². The van der Waals surface area contributed by atoms with Crippen molar-refractivity contribution in [3.8, 4) is 0 Å². The van der Waals surface area contributed by atoms with Crippen LogP contribution in [0.4, 0.5) is 0 Å². The Morgan fingerprint density at radius 3 is 2.53 bits per heavy atom. The zero-order valence-electron chi connectivity index (χ0n) is 11.3. The highest BCUT2D eigenvalue weighted by Gasteiger charge is 2.31. The molecule has 1 aliphatic rings. The topological polar surface area (TPSA) is 49.4 Å². The van der Waals surface area contributed by atoms with E-state index >= 15 is 0 Å². The molecule has 1 aliphatic heterocycles. The first kappa shape index (κ1) is 14.0. The molecule has 0 aromatic carbocycles. The molecule has 0 aliphatic carbocycles. The number of rotatable bonds is 5. The minimum Gasteiger partial charge on any atom is -0.343 e. The Morgan fingerprint density at radius 2 is 1.94 bits per heavy atom. The third-order valence-corrected chi connectivity index (χ3v) is 3.28. The molecule has 0 aromatic heterocycles. The Balaban J connectivity index is 2.46. The Morgan fingerprint density at radius 1 is 1.29 bits per heavy atom. The number of carbonyl (C=O) groups excluding carboxylic acids is 2. The highest BCUT2D eigenvalue weighted by atomic mass is 16.2. The molecule has 1 fully saturated rings. The molecule has 2 amide bonds. The van der Waals surface area contributed by atoms with Crippen molar-refractivity contribution in [1.29, 1.82) is 0 Å². The van der Waals surface area contributed by atoms with Crippen molar-refractivity contribution in [3.63, 3.8) is 0 Å². The summed E-state index contributed by atoms with van der Waals surface area (Å²) in [7, 11) is 0. The van der Waals surface area contributed by atoms with Crippen LogP contribution in [-0.4, -0.2) is 35.3 Å². The average molecular weight is 240 g/mol. The quantitative estimate of drug-likeness (QED) is 0.792. The summed E-state index contributed by atoms with van der Waals surface area (Å²) in [6, 6.07) is -0.210. The summed E-state index contributed by atoms with van der Waals surface area (Å²) in [4.78, 5) is 25.0. The van der Waals surface area contributed by atoms with E-state index in [2.05, 4.69) is 19.2 Å². The molecule has 2 atom stereocenters. The van der Waals surface area contributed by atoms with E-state index in [4.69, 9.17) is 0 Å². The summed E-state index contributed by atoms with van der Waals surface area (Å²) in [5.74, 6) is 0.691. The molecule has 1 saturated heterocycles. The number of hydrogen-bond donors (Lipinski definition) is 1. The van der Waals surface area contributed by atoms with Gasteiger partial charge in [-0.25, -0.2) is 0 Å². The van der Waals surface area contributed by atoms with E-state index in [1.54, 1.807) is 11.8 Å². The molecule has 1 heterocycles. The fourth-order valence-corrected chi connectivity index (χ4v) is 2.18. The molecule has 4 nitrogen and oxygen atoms in total. The lowest BCUT2D eigenvalue weighted by molar-refractivity contribution is -0.145. The molecule has 98 valence electrons. The van der Waals surface area contributed by atoms with Gasteiger partial charge in [-0.05, 0) is 26.2 Å². The van der Waals surface area contributed by atoms with Gasteiger partial charge in [0.25, 0.3) is 0 Å². The van der Waals surface area contributed by atoms with E-state index in [-0.39, 0.29) is 30.4 Å². The Kier molecular flexibility index (Phi) is 4.97. The number of hydrogen-bond acceptors (Lipinski definition) is 2. The van der Waals surface area contributed by atoms with Crippen LogP contribution in [0.3, 0.4) is 0 Å². The third-order valence-electron chi connectivity index (χ3n) is 3.28. The first-order valence-corrected chi connectivity index (χ1v) is 6.51. The lowest BCUT2D eigenvalue weighted by Crippen LogP contribution is -2.59. The van der Waals surface area contributed by atoms with Gasteiger partial charge in [-0.1, -0.05) is 26.7 Å². The van der Waals surface area contributed by atoms with Crippen molar-refractivity contribution in [2.75, 3.05) is 6.54 Å². The maximum Gasteiger partial charge on any atom is 0.245 e. The summed E-state index contributed by atoms with van der Waals surface area (Å²) in [6.07, 6.45) is 3.26. The van der Waals surface area contributed by atoms with Crippen molar-refractivity contribution < 1.29 is 9.59 Å². The second-order valence-corrected chi connectivity index (χ2v) is 5.43. The van der Waals surface area contributed by atoms with E-state index in [0.717, 1.165) is 12.8 Å². The van der Waals surface area contributed by atoms with Gasteiger partial charge < -0.3 is 10.2 Å². The van der Waals surface area contributed by atoms with Crippen molar-refractivity contribution in [1.82, 2.24) is 10.2 Å². The Hall–Kier alpha value is -1.06. The lowest BCUT2D eigenvalue weighted by atomic mass is 10.0. The first-order valence-electron chi connectivity index (χ1n) is 6.51. The zero-order chi connectivity index (χ0) is 13.0. The zero-order valence-corrected chi connectivity index (χ0v) is 11.3. The third kappa shape index (κ3) is 4.02. The van der Waals surface area contributed by atoms with Crippen molar-refractivity contribution in [3.05, 3.63) is 0 Å². The van der Waals surface area contributed by atoms with Crippen LogP contribution in [0.2, 0.25) is 0 Å². The fraction of sp³-hybridized carbons (Fsp3) is 0.846. The largest absolute Gasteiger partial charge is 0.343 e. The van der Waals surface area contributed by atoms with Gasteiger partial charge in [-0.3, -0.25) is 9.59 Å². The minimum atomic E-state index is -0.371. The molecule has 1 rings (SSSR count). The molecule has 0 saturated carbocycles. The summed E-state index contributed by atoms with van der Waals surface area (Å²) in [5, 5.41) is 2.66. The van der Waals surface area contributed by atoms with Crippen LogP contribution in [0.1, 0.15) is 47.0 Å². The normalized spacial score (nSPS) is 22.9. The molecule has 0 aromatic rings. The van der Waals surface area contributed by atoms with Gasteiger partial charge in [0.05, 0.1) is 6.54 Å². The van der Waals surface area contributed by atoms with E-state index in [0.29, 0.717) is 5.92 Å². The number of piperazine rings is 1. The molecule has 2 unspecified atom stereocenters. The summed E-state index contributed by atoms with van der Waals surface area (Å²) in [5.41, 5.74) is 0. The smallest absolute Gasteiger partial charge is 0.245 e. The molecule has 0 bridgehead atoms. The standard InChI is InChI=1S/C13H24N2O2/c1-9(2)6-5-7-10(3)15-8-12(16)14-11(4)13(15)17/h9-11H,5-8H2,1-4H3,(H,14,16). The number of carbonyl (C=O) groups is 2. The lowest BCUT2D eigenvalue weighted by Gasteiger charge is -2.35. The summed E-state index contributed by atoms with van der Waals surface area (Å²) in [6.45, 7) is 8.39. The van der Waals surface area contributed by atoms with Crippen LogP contribution in [-0.2, 0) is 9.59 Å². The molecular formula is C13H24N2O2. The van der Waals surface area contributed by atoms with Crippen molar-refractivity contribution in [2.24, 2.45) is 5.92 Å². The number of nitrogens with one attached hydrogen (secondary N) is 1. The molecule has 0 radical (unpaired) electrons. The van der Waals surface area contributed by atoms with Crippen molar-refractivity contribution >= 4 is 11.8 Å². The first-order chi connectivity index (χ1) is 7.91. The van der Waals surface area contributed by atoms with Gasteiger partial charge in [0.2, 0.25) is 11.8 Å². The molecule has 1 N–H and O–H groups in total. The Bertz CT molecular complexity index is 289. The van der Waals surface area contributed by atoms with Crippen LogP contribution in [0.25, 0.3) is 0 Å². The predicted octanol–water partition coefficient (Wildman–Crippen LogP) is 1.55. The van der Waals surface area contributed by atoms with Crippen LogP contribution in [0.5, 0.6) is 0 Å². The van der Waals surface area contributed by atoms with Crippen LogP contribution in [0, 0.1) is 5.92 Å². The SMILES string of the molecule is CC(C)CCCC(C)N1CC(=O)NC(C)C1=O. The van der Waals surface area contributed by atoms with Gasteiger partial charge in [0, 0.05) is 6.04 Å². The van der Waals surface area contributed by atoms with Gasteiger partial charge in [0.1, 0.15) is 6.04 Å². The number of nitrogens with zero attached hydrogens (tertiary/aromatic N) is 1. The molecule has 4 heteroatoms. The molecular weight excluding hydrogens is 216 g/mol. The minimum absolute atomic E-state index is 0.0432. The maximum absolute atomic E-state index is 11.9. The maximum atomic E-state index is 11.9. The molecule has 0 spiro atoms. The van der Waals surface area contributed by atoms with Crippen molar-refractivity contribution in [2.45, 2.75) is 59.0 Å². The van der Waals surface area contributed by atoms with Gasteiger partial charge in [0.15, 0.2) is 0 Å². The van der Waals surface area contributed by atoms with E-state index in [9.17, 15) is 9.59 Å².